The number of hydrogen-bond acceptors (Lipinski definition) is 2. The molecular formula is C13H23NO2. The fraction of sp³-hybridized carbons (Fsp3) is 0.462. The first-order chi connectivity index (χ1) is 7.61. The van der Waals surface area contributed by atoms with Crippen LogP contribution in [0.15, 0.2) is 36.5 Å². The van der Waals surface area contributed by atoms with E-state index in [9.17, 15) is 4.79 Å². The Balaban J connectivity index is 0. The predicted octanol–water partition coefficient (Wildman–Crippen LogP) is 2.46. The van der Waals surface area contributed by atoms with E-state index < -0.39 is 0 Å². The van der Waals surface area contributed by atoms with Crippen molar-refractivity contribution in [1.29, 1.82) is 0 Å². The Morgan fingerprint density at radius 3 is 2.38 bits per heavy atom. The SMILES string of the molecule is C=C/C(=C\C(=C)C)C(=O)NCCOC.CC. The van der Waals surface area contributed by atoms with E-state index in [2.05, 4.69) is 18.5 Å². The summed E-state index contributed by atoms with van der Waals surface area (Å²) < 4.78 is 4.81. The number of amides is 1. The van der Waals surface area contributed by atoms with Gasteiger partial charge in [0.25, 0.3) is 5.91 Å². The first-order valence-corrected chi connectivity index (χ1v) is 5.38. The van der Waals surface area contributed by atoms with E-state index in [1.54, 1.807) is 13.2 Å². The van der Waals surface area contributed by atoms with Crippen LogP contribution in [0.25, 0.3) is 0 Å². The van der Waals surface area contributed by atoms with Crippen LogP contribution >= 0.6 is 0 Å². The number of carbonyl (C=O) groups excluding carboxylic acids is 1. The van der Waals surface area contributed by atoms with Gasteiger partial charge in [-0.05, 0) is 13.0 Å². The van der Waals surface area contributed by atoms with E-state index in [1.807, 2.05) is 20.8 Å². The minimum absolute atomic E-state index is 0.153. The maximum atomic E-state index is 11.4. The largest absolute Gasteiger partial charge is 0.383 e. The number of rotatable bonds is 6. The van der Waals surface area contributed by atoms with Gasteiger partial charge < -0.3 is 10.1 Å². The van der Waals surface area contributed by atoms with Gasteiger partial charge in [-0.2, -0.15) is 0 Å². The van der Waals surface area contributed by atoms with Crippen molar-refractivity contribution in [2.75, 3.05) is 20.3 Å². The molecule has 0 rings (SSSR count). The Bertz CT molecular complexity index is 255. The molecule has 0 heterocycles. The van der Waals surface area contributed by atoms with Gasteiger partial charge in [0.05, 0.1) is 6.61 Å². The number of nitrogens with one attached hydrogen (secondary N) is 1. The molecule has 3 nitrogen and oxygen atoms in total. The monoisotopic (exact) mass is 225 g/mol. The van der Waals surface area contributed by atoms with E-state index in [-0.39, 0.29) is 5.91 Å². The van der Waals surface area contributed by atoms with Crippen molar-refractivity contribution < 1.29 is 9.53 Å². The van der Waals surface area contributed by atoms with Crippen LogP contribution < -0.4 is 5.32 Å². The minimum atomic E-state index is -0.153. The molecule has 0 aromatic heterocycles. The van der Waals surface area contributed by atoms with Crippen molar-refractivity contribution >= 4 is 5.91 Å². The summed E-state index contributed by atoms with van der Waals surface area (Å²) >= 11 is 0. The summed E-state index contributed by atoms with van der Waals surface area (Å²) in [6, 6.07) is 0. The highest BCUT2D eigenvalue weighted by atomic mass is 16.5. The predicted molar refractivity (Wildman–Crippen MR) is 69.3 cm³/mol. The summed E-state index contributed by atoms with van der Waals surface area (Å²) in [6.07, 6.45) is 3.20. The highest BCUT2D eigenvalue weighted by Gasteiger charge is 2.03. The third-order valence-electron chi connectivity index (χ3n) is 1.48. The van der Waals surface area contributed by atoms with E-state index >= 15 is 0 Å². The molecule has 1 amide bonds. The van der Waals surface area contributed by atoms with Crippen LogP contribution in [0.5, 0.6) is 0 Å². The van der Waals surface area contributed by atoms with Gasteiger partial charge in [-0.25, -0.2) is 0 Å². The molecule has 0 aromatic carbocycles. The lowest BCUT2D eigenvalue weighted by atomic mass is 10.1. The molecule has 0 aromatic rings. The molecular weight excluding hydrogens is 202 g/mol. The Morgan fingerprint density at radius 1 is 1.44 bits per heavy atom. The van der Waals surface area contributed by atoms with Gasteiger partial charge in [0, 0.05) is 19.2 Å². The van der Waals surface area contributed by atoms with Gasteiger partial charge in [0.1, 0.15) is 0 Å². The van der Waals surface area contributed by atoms with E-state index in [1.165, 1.54) is 6.08 Å². The van der Waals surface area contributed by atoms with Gasteiger partial charge in [0.2, 0.25) is 0 Å². The lowest BCUT2D eigenvalue weighted by Crippen LogP contribution is -2.27. The first-order valence-electron chi connectivity index (χ1n) is 5.38. The van der Waals surface area contributed by atoms with Crippen LogP contribution in [-0.2, 0) is 9.53 Å². The number of hydrogen-bond donors (Lipinski definition) is 1. The molecule has 0 aliphatic carbocycles. The molecule has 0 spiro atoms. The fourth-order valence-electron chi connectivity index (χ4n) is 0.851. The smallest absolute Gasteiger partial charge is 0.251 e. The Morgan fingerprint density at radius 2 is 2.00 bits per heavy atom. The number of allylic oxidation sites excluding steroid dienone is 2. The highest BCUT2D eigenvalue weighted by Crippen LogP contribution is 2.01. The Kier molecular flexibility index (Phi) is 12.5. The van der Waals surface area contributed by atoms with Crippen molar-refractivity contribution in [3.8, 4) is 0 Å². The van der Waals surface area contributed by atoms with Crippen LogP contribution in [0.4, 0.5) is 0 Å². The fourth-order valence-corrected chi connectivity index (χ4v) is 0.851. The van der Waals surface area contributed by atoms with Crippen LogP contribution in [-0.4, -0.2) is 26.2 Å². The Hall–Kier alpha value is -1.35. The maximum absolute atomic E-state index is 11.4. The molecule has 0 fully saturated rings. The van der Waals surface area contributed by atoms with Crippen molar-refractivity contribution in [3.63, 3.8) is 0 Å². The van der Waals surface area contributed by atoms with Crippen LogP contribution in [0.3, 0.4) is 0 Å². The minimum Gasteiger partial charge on any atom is -0.383 e. The highest BCUT2D eigenvalue weighted by molar-refractivity contribution is 5.96. The van der Waals surface area contributed by atoms with Gasteiger partial charge in [-0.3, -0.25) is 4.79 Å². The third-order valence-corrected chi connectivity index (χ3v) is 1.48. The van der Waals surface area contributed by atoms with Crippen LogP contribution in [0.2, 0.25) is 0 Å². The second kappa shape index (κ2) is 11.7. The van der Waals surface area contributed by atoms with Crippen molar-refractivity contribution in [3.05, 3.63) is 36.5 Å². The van der Waals surface area contributed by atoms with Gasteiger partial charge in [-0.15, -0.1) is 0 Å². The third kappa shape index (κ3) is 9.21. The van der Waals surface area contributed by atoms with E-state index in [0.717, 1.165) is 5.57 Å². The lowest BCUT2D eigenvalue weighted by molar-refractivity contribution is -0.117. The Labute approximate surface area is 98.9 Å². The number of ether oxygens (including phenoxy) is 1. The summed E-state index contributed by atoms with van der Waals surface area (Å²) in [7, 11) is 1.59. The summed E-state index contributed by atoms with van der Waals surface area (Å²) in [4.78, 5) is 11.4. The maximum Gasteiger partial charge on any atom is 0.251 e. The lowest BCUT2D eigenvalue weighted by Gasteiger charge is -2.04. The zero-order valence-corrected chi connectivity index (χ0v) is 10.8. The zero-order chi connectivity index (χ0) is 13.0. The zero-order valence-electron chi connectivity index (χ0n) is 10.8. The second-order valence-corrected chi connectivity index (χ2v) is 2.90. The van der Waals surface area contributed by atoms with Crippen LogP contribution in [0, 0.1) is 0 Å². The molecule has 0 aliphatic rings. The summed E-state index contributed by atoms with van der Waals surface area (Å²) in [6.45, 7) is 14.1. The van der Waals surface area contributed by atoms with Gasteiger partial charge in [0.15, 0.2) is 0 Å². The normalized spacial score (nSPS) is 9.88. The van der Waals surface area contributed by atoms with Crippen molar-refractivity contribution in [1.82, 2.24) is 5.32 Å². The molecule has 0 bridgehead atoms. The number of carbonyl (C=O) groups is 1. The molecule has 0 aliphatic heterocycles. The molecule has 92 valence electrons. The summed E-state index contributed by atoms with van der Waals surface area (Å²) in [5.41, 5.74) is 1.34. The average Bonchev–Trinajstić information content (AvgIpc) is 2.28. The number of methoxy groups -OCH3 is 1. The molecule has 0 saturated carbocycles. The summed E-state index contributed by atoms with van der Waals surface area (Å²) in [5, 5.41) is 2.70. The molecule has 0 atom stereocenters. The quantitative estimate of drug-likeness (QED) is 0.428. The topological polar surface area (TPSA) is 38.3 Å². The standard InChI is InChI=1S/C11H17NO2.C2H6/c1-5-10(8-9(2)3)11(13)12-6-7-14-4;1-2/h5,8H,1-2,6-7H2,3-4H3,(H,12,13);1-2H3/b10-8+;. The first kappa shape index (κ1) is 17.1. The van der Waals surface area contributed by atoms with Crippen LogP contribution in [0.1, 0.15) is 20.8 Å². The molecule has 0 unspecified atom stereocenters. The molecule has 16 heavy (non-hydrogen) atoms. The second-order valence-electron chi connectivity index (χ2n) is 2.90. The molecule has 3 heteroatoms. The van der Waals surface area contributed by atoms with E-state index in [0.29, 0.717) is 18.7 Å². The summed E-state index contributed by atoms with van der Waals surface area (Å²) in [5.74, 6) is -0.153. The van der Waals surface area contributed by atoms with Crippen molar-refractivity contribution in [2.24, 2.45) is 0 Å². The van der Waals surface area contributed by atoms with Crippen molar-refractivity contribution in [2.45, 2.75) is 20.8 Å². The molecule has 0 radical (unpaired) electrons. The average molecular weight is 225 g/mol. The molecule has 0 saturated heterocycles. The van der Waals surface area contributed by atoms with Gasteiger partial charge in [-0.1, -0.05) is 38.7 Å². The van der Waals surface area contributed by atoms with E-state index in [4.69, 9.17) is 4.74 Å². The van der Waals surface area contributed by atoms with Gasteiger partial charge >= 0.3 is 0 Å². The molecule has 1 N–H and O–H groups in total.